The summed E-state index contributed by atoms with van der Waals surface area (Å²) in [4.78, 5) is 0. The molecule has 5 heavy (non-hydrogen) atoms. The van der Waals surface area contributed by atoms with Gasteiger partial charge in [-0.2, -0.15) is 0 Å². The normalized spacial score (nSPS) is 0. The van der Waals surface area contributed by atoms with Crippen molar-refractivity contribution >= 4 is 0 Å². The molecule has 0 aliphatic carbocycles. The summed E-state index contributed by atoms with van der Waals surface area (Å²) in [6.45, 7) is 0. The van der Waals surface area contributed by atoms with Crippen LogP contribution in [0, 0.1) is 0 Å². The monoisotopic (exact) mass is 288 g/mol. The Hall–Kier alpha value is 2.55. The maximum atomic E-state index is 0. The number of hydrogen-bond acceptors (Lipinski definition) is 0. The van der Waals surface area contributed by atoms with E-state index in [1.54, 1.807) is 0 Å². The second kappa shape index (κ2) is 31.1. The van der Waals surface area contributed by atoms with Crippen LogP contribution >= 0.6 is 0 Å². The average Bonchev–Trinajstić information content (AvgIpc) is 0. The smallest absolute Gasteiger partial charge is 0 e. The molecular formula is Co2Fe2Ni. The van der Waals surface area contributed by atoms with Gasteiger partial charge < -0.3 is 0 Å². The van der Waals surface area contributed by atoms with Crippen LogP contribution < -0.4 is 0 Å². The summed E-state index contributed by atoms with van der Waals surface area (Å²) < 4.78 is 0. The minimum atomic E-state index is 0. The Morgan fingerprint density at radius 1 is 0.600 bits per heavy atom. The van der Waals surface area contributed by atoms with Gasteiger partial charge in [0.2, 0.25) is 0 Å². The fourth-order valence-electron chi connectivity index (χ4n) is 0. The van der Waals surface area contributed by atoms with E-state index in [1.165, 1.54) is 0 Å². The van der Waals surface area contributed by atoms with Gasteiger partial charge in [-0.1, -0.05) is 0 Å². The maximum Gasteiger partial charge on any atom is 0 e. The first-order valence-corrected chi connectivity index (χ1v) is 0. The van der Waals surface area contributed by atoms with E-state index >= 15 is 0 Å². The topological polar surface area (TPSA) is 0 Å². The summed E-state index contributed by atoms with van der Waals surface area (Å²) in [7, 11) is 0. The van der Waals surface area contributed by atoms with Crippen LogP contribution in [0.2, 0.25) is 0 Å². The first-order valence-electron chi connectivity index (χ1n) is 0. The van der Waals surface area contributed by atoms with Crippen molar-refractivity contribution in [1.82, 2.24) is 0 Å². The standard InChI is InChI=1S/2Co.2Fe.Ni. The molecule has 44 valence electrons. The van der Waals surface area contributed by atoms with Gasteiger partial charge >= 0.3 is 0 Å². The van der Waals surface area contributed by atoms with Crippen LogP contribution in [0.4, 0.5) is 0 Å². The molecule has 0 amide bonds. The third kappa shape index (κ3) is 20.9. The third-order valence-electron chi connectivity index (χ3n) is 0. The van der Waals surface area contributed by atoms with Gasteiger partial charge in [0.05, 0.1) is 0 Å². The zero-order valence-electron chi connectivity index (χ0n) is 1.69. The molecule has 0 fully saturated rings. The fraction of sp³-hybridized carbons (Fsp3) is 0. The van der Waals surface area contributed by atoms with Crippen LogP contribution in [-0.2, 0) is 84.2 Å². The van der Waals surface area contributed by atoms with Gasteiger partial charge in [-0.25, -0.2) is 0 Å². The summed E-state index contributed by atoms with van der Waals surface area (Å²) >= 11 is 0. The van der Waals surface area contributed by atoms with Crippen LogP contribution in [0.5, 0.6) is 0 Å². The molecule has 5 heteroatoms. The molecule has 0 unspecified atom stereocenters. The molecule has 0 atom stereocenters. The van der Waals surface area contributed by atoms with Crippen molar-refractivity contribution in [3.8, 4) is 0 Å². The molecule has 0 saturated carbocycles. The SMILES string of the molecule is [Co].[Co].[Fe].[Fe].[Ni]. The summed E-state index contributed by atoms with van der Waals surface area (Å²) in [6.07, 6.45) is 0. The zero-order chi connectivity index (χ0) is 0. The molecule has 0 N–H and O–H groups in total. The van der Waals surface area contributed by atoms with Crippen LogP contribution in [0.15, 0.2) is 0 Å². The van der Waals surface area contributed by atoms with Crippen molar-refractivity contribution in [1.29, 1.82) is 0 Å². The quantitative estimate of drug-likeness (QED) is 0.550. The Labute approximate surface area is 83.2 Å². The number of hydrogen-bond donors (Lipinski definition) is 0. The second-order valence-electron chi connectivity index (χ2n) is 0. The van der Waals surface area contributed by atoms with Crippen LogP contribution in [-0.4, -0.2) is 0 Å². The first-order chi connectivity index (χ1) is 0. The van der Waals surface area contributed by atoms with Gasteiger partial charge in [0.15, 0.2) is 0 Å². The zero-order valence-corrected chi connectivity index (χ0v) is 6.97. The summed E-state index contributed by atoms with van der Waals surface area (Å²) in [5.74, 6) is 0. The Balaban J connectivity index is 0. The van der Waals surface area contributed by atoms with Gasteiger partial charge in [-0.05, 0) is 0 Å². The molecular weight excluding hydrogens is 288 g/mol. The molecule has 0 aliphatic heterocycles. The second-order valence-corrected chi connectivity index (χ2v) is 0. The fourth-order valence-corrected chi connectivity index (χ4v) is 0. The molecule has 0 saturated heterocycles. The van der Waals surface area contributed by atoms with Crippen molar-refractivity contribution in [3.05, 3.63) is 0 Å². The van der Waals surface area contributed by atoms with Crippen LogP contribution in [0.25, 0.3) is 0 Å². The molecule has 0 spiro atoms. The average molecular weight is 288 g/mol. The van der Waals surface area contributed by atoms with Crippen LogP contribution in [0.3, 0.4) is 0 Å². The summed E-state index contributed by atoms with van der Waals surface area (Å²) in [6, 6.07) is 0. The minimum absolute atomic E-state index is 0. The van der Waals surface area contributed by atoms with E-state index in [1.807, 2.05) is 0 Å². The van der Waals surface area contributed by atoms with Crippen LogP contribution in [0.1, 0.15) is 0 Å². The molecule has 0 aromatic heterocycles. The molecule has 0 nitrogen and oxygen atoms in total. The van der Waals surface area contributed by atoms with E-state index in [0.717, 1.165) is 0 Å². The Kier molecular flexibility index (Phi) is 310. The van der Waals surface area contributed by atoms with Gasteiger partial charge in [0.1, 0.15) is 0 Å². The molecule has 0 bridgehead atoms. The van der Waals surface area contributed by atoms with E-state index in [0.29, 0.717) is 0 Å². The number of rotatable bonds is 0. The molecule has 0 heterocycles. The van der Waals surface area contributed by atoms with E-state index < -0.39 is 0 Å². The molecule has 0 aromatic rings. The van der Waals surface area contributed by atoms with Crippen molar-refractivity contribution in [3.63, 3.8) is 0 Å². The van der Waals surface area contributed by atoms with Crippen molar-refractivity contribution in [2.75, 3.05) is 0 Å². The predicted molar refractivity (Wildman–Crippen MR) is 0 cm³/mol. The molecule has 0 aliphatic rings. The van der Waals surface area contributed by atoms with E-state index in [9.17, 15) is 0 Å². The largest absolute Gasteiger partial charge is 0 e. The van der Waals surface area contributed by atoms with E-state index in [2.05, 4.69) is 0 Å². The van der Waals surface area contributed by atoms with Gasteiger partial charge in [-0.15, -0.1) is 0 Å². The van der Waals surface area contributed by atoms with E-state index in [4.69, 9.17) is 0 Å². The Bertz CT molecular complexity index is 7.61. The predicted octanol–water partition coefficient (Wildman–Crippen LogP) is -0.0125. The Morgan fingerprint density at radius 2 is 0.600 bits per heavy atom. The van der Waals surface area contributed by atoms with Crippen molar-refractivity contribution in [2.24, 2.45) is 0 Å². The first kappa shape index (κ1) is 49.9. The van der Waals surface area contributed by atoms with Crippen molar-refractivity contribution < 1.29 is 84.2 Å². The Morgan fingerprint density at radius 3 is 0.600 bits per heavy atom. The van der Waals surface area contributed by atoms with Gasteiger partial charge in [0.25, 0.3) is 0 Å². The molecule has 0 aromatic carbocycles. The summed E-state index contributed by atoms with van der Waals surface area (Å²) in [5, 5.41) is 0. The molecule has 2 radical (unpaired) electrons. The summed E-state index contributed by atoms with van der Waals surface area (Å²) in [5.41, 5.74) is 0. The van der Waals surface area contributed by atoms with Gasteiger partial charge in [-0.3, -0.25) is 0 Å². The third-order valence-corrected chi connectivity index (χ3v) is 0. The van der Waals surface area contributed by atoms with Crippen molar-refractivity contribution in [2.45, 2.75) is 0 Å². The van der Waals surface area contributed by atoms with E-state index in [-0.39, 0.29) is 84.2 Å². The molecule has 0 rings (SSSR count). The van der Waals surface area contributed by atoms with Gasteiger partial charge in [0, 0.05) is 84.2 Å². The minimum Gasteiger partial charge on any atom is 0 e. The maximum absolute atomic E-state index is 0.